The van der Waals surface area contributed by atoms with Crippen LogP contribution in [-0.4, -0.2) is 17.4 Å². The minimum Gasteiger partial charge on any atom is -0.354 e. The Bertz CT molecular complexity index is 1270. The Morgan fingerprint density at radius 3 is 2.43 bits per heavy atom. The van der Waals surface area contributed by atoms with Crippen LogP contribution >= 0.6 is 15.9 Å². The fraction of sp³-hybridized carbons (Fsp3) is 0.0500. The molecule has 2 heterocycles. The Labute approximate surface area is 170 Å². The van der Waals surface area contributed by atoms with Crippen LogP contribution < -0.4 is 5.32 Å². The maximum absolute atomic E-state index is 13.2. The Kier molecular flexibility index (Phi) is 4.68. The number of benzene rings is 2. The van der Waals surface area contributed by atoms with E-state index in [0.29, 0.717) is 26.9 Å². The lowest BCUT2D eigenvalue weighted by molar-refractivity contribution is 0.588. The van der Waals surface area contributed by atoms with Crippen LogP contribution in [-0.2, 0) is 10.0 Å². The molecule has 1 N–H and O–H groups in total. The van der Waals surface area contributed by atoms with Crippen molar-refractivity contribution in [3.63, 3.8) is 0 Å². The third kappa shape index (κ3) is 3.41. The summed E-state index contributed by atoms with van der Waals surface area (Å²) in [7, 11) is -3.83. The van der Waals surface area contributed by atoms with Gasteiger partial charge in [-0.2, -0.15) is 0 Å². The van der Waals surface area contributed by atoms with Gasteiger partial charge >= 0.3 is 0 Å². The van der Waals surface area contributed by atoms with E-state index in [1.807, 2.05) is 6.92 Å². The minimum absolute atomic E-state index is 0.174. The zero-order valence-corrected chi connectivity index (χ0v) is 17.1. The largest absolute Gasteiger partial charge is 0.354 e. The predicted octanol–water partition coefficient (Wildman–Crippen LogP) is 5.23. The zero-order valence-electron chi connectivity index (χ0n) is 14.7. The van der Waals surface area contributed by atoms with Gasteiger partial charge in [-0.15, -0.1) is 0 Å². The average molecular weight is 460 g/mol. The Morgan fingerprint density at radius 2 is 1.75 bits per heavy atom. The lowest BCUT2D eigenvalue weighted by atomic mass is 10.2. The number of fused-ring (bicyclic) bond motifs is 1. The lowest BCUT2D eigenvalue weighted by Crippen LogP contribution is -2.12. The number of halogens is 2. The molecule has 0 aliphatic heterocycles. The van der Waals surface area contributed by atoms with Gasteiger partial charge in [0, 0.05) is 27.9 Å². The molecule has 2 aromatic carbocycles. The highest BCUT2D eigenvalue weighted by Crippen LogP contribution is 2.32. The highest BCUT2D eigenvalue weighted by molar-refractivity contribution is 9.10. The van der Waals surface area contributed by atoms with Crippen LogP contribution in [0.2, 0.25) is 0 Å². The summed E-state index contributed by atoms with van der Waals surface area (Å²) in [5, 5.41) is 3.76. The summed E-state index contributed by atoms with van der Waals surface area (Å²) in [6, 6.07) is 14.3. The molecule has 0 aliphatic rings. The van der Waals surface area contributed by atoms with Gasteiger partial charge < -0.3 is 5.32 Å². The van der Waals surface area contributed by atoms with E-state index in [9.17, 15) is 12.8 Å². The first-order chi connectivity index (χ1) is 13.3. The van der Waals surface area contributed by atoms with Crippen molar-refractivity contribution in [2.45, 2.75) is 11.8 Å². The summed E-state index contributed by atoms with van der Waals surface area (Å²) in [5.41, 5.74) is 2.45. The molecule has 0 amide bonds. The van der Waals surface area contributed by atoms with Crippen molar-refractivity contribution >= 4 is 48.4 Å². The van der Waals surface area contributed by atoms with Gasteiger partial charge in [-0.25, -0.2) is 21.8 Å². The Hall–Kier alpha value is -2.71. The molecule has 4 rings (SSSR count). The van der Waals surface area contributed by atoms with Crippen molar-refractivity contribution < 1.29 is 12.8 Å². The van der Waals surface area contributed by atoms with Gasteiger partial charge in [-0.05, 0) is 65.3 Å². The number of rotatable bonds is 4. The maximum Gasteiger partial charge on any atom is 0.269 e. The summed E-state index contributed by atoms with van der Waals surface area (Å²) in [5.74, 6) is -0.348. The van der Waals surface area contributed by atoms with Crippen molar-refractivity contribution in [3.8, 4) is 0 Å². The number of hydrogen-bond acceptors (Lipinski definition) is 4. The van der Waals surface area contributed by atoms with E-state index < -0.39 is 10.0 Å². The molecule has 5 nitrogen and oxygen atoms in total. The number of anilines is 2. The Balaban J connectivity index is 1.87. The number of aryl methyl sites for hydroxylation is 1. The van der Waals surface area contributed by atoms with E-state index >= 15 is 0 Å². The van der Waals surface area contributed by atoms with E-state index in [-0.39, 0.29) is 10.7 Å². The summed E-state index contributed by atoms with van der Waals surface area (Å²) in [4.78, 5) is 4.48. The molecule has 0 saturated carbocycles. The summed E-state index contributed by atoms with van der Waals surface area (Å²) in [6.45, 7) is 1.89. The topological polar surface area (TPSA) is 64.0 Å². The zero-order chi connectivity index (χ0) is 19.9. The summed E-state index contributed by atoms with van der Waals surface area (Å²) in [6.07, 6.45) is 3.04. The smallest absolute Gasteiger partial charge is 0.269 e. The second kappa shape index (κ2) is 7.03. The fourth-order valence-corrected chi connectivity index (χ4v) is 4.50. The first-order valence-corrected chi connectivity index (χ1v) is 10.6. The van der Waals surface area contributed by atoms with Crippen LogP contribution in [0.15, 0.2) is 76.4 Å². The van der Waals surface area contributed by atoms with Gasteiger partial charge in [0.2, 0.25) is 0 Å². The quantitative estimate of drug-likeness (QED) is 0.453. The normalized spacial score (nSPS) is 11.7. The van der Waals surface area contributed by atoms with Crippen molar-refractivity contribution in [2.24, 2.45) is 0 Å². The molecule has 0 fully saturated rings. The predicted molar refractivity (Wildman–Crippen MR) is 111 cm³/mol. The number of aromatic nitrogens is 2. The second-order valence-electron chi connectivity index (χ2n) is 6.31. The molecule has 142 valence electrons. The van der Waals surface area contributed by atoms with E-state index in [1.54, 1.807) is 48.7 Å². The van der Waals surface area contributed by atoms with Gasteiger partial charge in [-0.3, -0.25) is 0 Å². The summed E-state index contributed by atoms with van der Waals surface area (Å²) < 4.78 is 41.4. The maximum atomic E-state index is 13.2. The van der Waals surface area contributed by atoms with Gasteiger partial charge in [0.25, 0.3) is 10.0 Å². The van der Waals surface area contributed by atoms with Crippen LogP contribution in [0.1, 0.15) is 5.56 Å². The van der Waals surface area contributed by atoms with Crippen molar-refractivity contribution in [2.75, 3.05) is 5.32 Å². The van der Waals surface area contributed by atoms with Crippen LogP contribution in [0.25, 0.3) is 11.0 Å². The van der Waals surface area contributed by atoms with Crippen molar-refractivity contribution in [3.05, 3.63) is 82.8 Å². The van der Waals surface area contributed by atoms with Crippen LogP contribution in [0.5, 0.6) is 0 Å². The average Bonchev–Trinajstić information content (AvgIpc) is 3.02. The molecule has 2 aromatic heterocycles. The van der Waals surface area contributed by atoms with Gasteiger partial charge in [0.05, 0.1) is 10.6 Å². The molecule has 28 heavy (non-hydrogen) atoms. The Morgan fingerprint density at radius 1 is 1.07 bits per heavy atom. The molecule has 8 heteroatoms. The molecule has 0 aliphatic carbocycles. The molecule has 0 bridgehead atoms. The standard InChI is InChI=1S/C20H15BrFN3O2S/c1-13-2-8-17(9-3-13)28(26,27)25-12-19(18-10-14(21)11-23-20(18)25)24-16-6-4-15(22)5-7-16/h2-12,24H,1H3. The van der Waals surface area contributed by atoms with Crippen LogP contribution in [0.3, 0.4) is 0 Å². The van der Waals surface area contributed by atoms with Gasteiger partial charge in [0.1, 0.15) is 5.82 Å². The molecule has 0 spiro atoms. The third-order valence-electron chi connectivity index (χ3n) is 4.28. The molecule has 0 saturated heterocycles. The lowest BCUT2D eigenvalue weighted by Gasteiger charge is -2.07. The first-order valence-electron chi connectivity index (χ1n) is 8.36. The molecule has 0 atom stereocenters. The van der Waals surface area contributed by atoms with E-state index in [4.69, 9.17) is 0 Å². The molecule has 0 unspecified atom stereocenters. The van der Waals surface area contributed by atoms with Gasteiger partial charge in [0.15, 0.2) is 5.65 Å². The number of nitrogens with one attached hydrogen (secondary N) is 1. The first kappa shape index (κ1) is 18.6. The monoisotopic (exact) mass is 459 g/mol. The van der Waals surface area contributed by atoms with Crippen LogP contribution in [0.4, 0.5) is 15.8 Å². The highest BCUT2D eigenvalue weighted by Gasteiger charge is 2.22. The third-order valence-corrected chi connectivity index (χ3v) is 6.38. The SMILES string of the molecule is Cc1ccc(S(=O)(=O)n2cc(Nc3ccc(F)cc3)c3cc(Br)cnc32)cc1. The molecule has 4 aromatic rings. The van der Waals surface area contributed by atoms with E-state index in [1.165, 1.54) is 18.3 Å². The van der Waals surface area contributed by atoms with E-state index in [2.05, 4.69) is 26.2 Å². The number of nitrogens with zero attached hydrogens (tertiary/aromatic N) is 2. The number of hydrogen-bond donors (Lipinski definition) is 1. The second-order valence-corrected chi connectivity index (χ2v) is 9.04. The highest BCUT2D eigenvalue weighted by atomic mass is 79.9. The van der Waals surface area contributed by atoms with Crippen molar-refractivity contribution in [1.29, 1.82) is 0 Å². The minimum atomic E-state index is -3.83. The van der Waals surface area contributed by atoms with Crippen LogP contribution in [0, 0.1) is 12.7 Å². The van der Waals surface area contributed by atoms with E-state index in [0.717, 1.165) is 9.54 Å². The molecular weight excluding hydrogens is 445 g/mol. The van der Waals surface area contributed by atoms with Gasteiger partial charge in [-0.1, -0.05) is 17.7 Å². The summed E-state index contributed by atoms with van der Waals surface area (Å²) >= 11 is 3.38. The van der Waals surface area contributed by atoms with Crippen molar-refractivity contribution in [1.82, 2.24) is 8.96 Å². The fourth-order valence-electron chi connectivity index (χ4n) is 2.85. The molecule has 0 radical (unpaired) electrons. The number of pyridine rings is 1. The molecular formula is C20H15BrFN3O2S.